The van der Waals surface area contributed by atoms with Crippen molar-refractivity contribution in [2.45, 2.75) is 13.8 Å². The molecule has 1 fully saturated rings. The lowest BCUT2D eigenvalue weighted by molar-refractivity contribution is -0.130. The maximum atomic E-state index is 12.3. The summed E-state index contributed by atoms with van der Waals surface area (Å²) in [5.74, 6) is 0.847. The fourth-order valence-corrected chi connectivity index (χ4v) is 2.27. The summed E-state index contributed by atoms with van der Waals surface area (Å²) < 4.78 is 5.36. The van der Waals surface area contributed by atoms with Crippen molar-refractivity contribution >= 4 is 11.8 Å². The van der Waals surface area contributed by atoms with Gasteiger partial charge in [-0.2, -0.15) is 0 Å². The van der Waals surface area contributed by atoms with E-state index in [1.165, 1.54) is 0 Å². The highest BCUT2D eigenvalue weighted by atomic mass is 16.5. The number of rotatable bonds is 3. The third kappa shape index (κ3) is 3.29. The van der Waals surface area contributed by atoms with Crippen molar-refractivity contribution in [1.82, 2.24) is 9.80 Å². The van der Waals surface area contributed by atoms with E-state index in [1.54, 1.807) is 28.9 Å². The molecule has 0 spiro atoms. The van der Waals surface area contributed by atoms with Gasteiger partial charge in [0.2, 0.25) is 5.91 Å². The first kappa shape index (κ1) is 14.4. The van der Waals surface area contributed by atoms with Crippen LogP contribution in [0.5, 0.6) is 5.75 Å². The van der Waals surface area contributed by atoms with E-state index in [0.29, 0.717) is 38.3 Å². The van der Waals surface area contributed by atoms with Crippen LogP contribution in [-0.2, 0) is 4.79 Å². The van der Waals surface area contributed by atoms with Gasteiger partial charge in [-0.05, 0) is 31.2 Å². The minimum Gasteiger partial charge on any atom is -0.494 e. The van der Waals surface area contributed by atoms with Crippen LogP contribution in [0.1, 0.15) is 24.2 Å². The number of piperazine rings is 1. The summed E-state index contributed by atoms with van der Waals surface area (Å²) in [6.45, 7) is 6.49. The van der Waals surface area contributed by atoms with Crippen LogP contribution in [0, 0.1) is 0 Å². The van der Waals surface area contributed by atoms with Gasteiger partial charge in [0.25, 0.3) is 5.91 Å². The number of ether oxygens (including phenoxy) is 1. The fraction of sp³-hybridized carbons (Fsp3) is 0.467. The zero-order valence-corrected chi connectivity index (χ0v) is 12.0. The summed E-state index contributed by atoms with van der Waals surface area (Å²) in [7, 11) is 0. The van der Waals surface area contributed by atoms with E-state index in [9.17, 15) is 9.59 Å². The van der Waals surface area contributed by atoms with E-state index >= 15 is 0 Å². The Labute approximate surface area is 119 Å². The molecule has 0 atom stereocenters. The van der Waals surface area contributed by atoms with E-state index in [4.69, 9.17) is 4.74 Å². The Morgan fingerprint density at radius 1 is 1.05 bits per heavy atom. The molecular formula is C15H20N2O3. The van der Waals surface area contributed by atoms with Gasteiger partial charge in [0.15, 0.2) is 0 Å². The first-order valence-corrected chi connectivity index (χ1v) is 6.89. The quantitative estimate of drug-likeness (QED) is 0.838. The van der Waals surface area contributed by atoms with Crippen LogP contribution in [0.3, 0.4) is 0 Å². The molecular weight excluding hydrogens is 256 g/mol. The molecule has 5 nitrogen and oxygen atoms in total. The number of carbonyl (C=O) groups is 2. The van der Waals surface area contributed by atoms with Crippen LogP contribution in [0.4, 0.5) is 0 Å². The standard InChI is InChI=1S/C15H20N2O3/c1-3-20-14-6-4-13(5-7-14)15(19)17-10-8-16(9-11-17)12(2)18/h4-7H,3,8-11H2,1-2H3. The smallest absolute Gasteiger partial charge is 0.253 e. The minimum absolute atomic E-state index is 0.0104. The third-order valence-corrected chi connectivity index (χ3v) is 3.42. The molecule has 1 heterocycles. The van der Waals surface area contributed by atoms with E-state index in [2.05, 4.69) is 0 Å². The largest absolute Gasteiger partial charge is 0.494 e. The Morgan fingerprint density at radius 2 is 1.60 bits per heavy atom. The van der Waals surface area contributed by atoms with Gasteiger partial charge in [-0.15, -0.1) is 0 Å². The highest BCUT2D eigenvalue weighted by molar-refractivity contribution is 5.94. The lowest BCUT2D eigenvalue weighted by Gasteiger charge is -2.34. The number of nitrogens with zero attached hydrogens (tertiary/aromatic N) is 2. The average molecular weight is 276 g/mol. The molecule has 1 saturated heterocycles. The molecule has 0 aliphatic carbocycles. The van der Waals surface area contributed by atoms with Gasteiger partial charge in [-0.1, -0.05) is 0 Å². The number of amides is 2. The van der Waals surface area contributed by atoms with E-state index < -0.39 is 0 Å². The Morgan fingerprint density at radius 3 is 2.10 bits per heavy atom. The van der Waals surface area contributed by atoms with Gasteiger partial charge in [-0.3, -0.25) is 9.59 Å². The van der Waals surface area contributed by atoms with Gasteiger partial charge >= 0.3 is 0 Å². The van der Waals surface area contributed by atoms with Crippen molar-refractivity contribution in [3.8, 4) is 5.75 Å². The lowest BCUT2D eigenvalue weighted by Crippen LogP contribution is -2.50. The molecule has 5 heteroatoms. The molecule has 0 radical (unpaired) electrons. The molecule has 1 aliphatic heterocycles. The molecule has 1 aromatic carbocycles. The van der Waals surface area contributed by atoms with E-state index in [-0.39, 0.29) is 11.8 Å². The van der Waals surface area contributed by atoms with Gasteiger partial charge in [0.1, 0.15) is 5.75 Å². The lowest BCUT2D eigenvalue weighted by atomic mass is 10.1. The zero-order valence-electron chi connectivity index (χ0n) is 12.0. The topological polar surface area (TPSA) is 49.9 Å². The number of hydrogen-bond donors (Lipinski definition) is 0. The summed E-state index contributed by atoms with van der Waals surface area (Å²) >= 11 is 0. The SMILES string of the molecule is CCOc1ccc(C(=O)N2CCN(C(C)=O)CC2)cc1. The zero-order chi connectivity index (χ0) is 14.5. The Kier molecular flexibility index (Phi) is 4.61. The van der Waals surface area contributed by atoms with Crippen LogP contribution < -0.4 is 4.74 Å². The molecule has 2 amide bonds. The fourth-order valence-electron chi connectivity index (χ4n) is 2.27. The predicted octanol–water partition coefficient (Wildman–Crippen LogP) is 1.39. The molecule has 108 valence electrons. The predicted molar refractivity (Wildman–Crippen MR) is 75.8 cm³/mol. The van der Waals surface area contributed by atoms with Crippen molar-refractivity contribution in [3.05, 3.63) is 29.8 Å². The molecule has 1 aromatic rings. The van der Waals surface area contributed by atoms with Crippen LogP contribution in [0.25, 0.3) is 0 Å². The van der Waals surface area contributed by atoms with E-state index in [0.717, 1.165) is 5.75 Å². The number of carbonyl (C=O) groups excluding carboxylic acids is 2. The van der Waals surface area contributed by atoms with Gasteiger partial charge in [0.05, 0.1) is 6.61 Å². The normalized spacial score (nSPS) is 15.1. The minimum atomic E-state index is 0.0104. The first-order valence-electron chi connectivity index (χ1n) is 6.89. The molecule has 0 unspecified atom stereocenters. The summed E-state index contributed by atoms with van der Waals surface area (Å²) in [6, 6.07) is 7.18. The monoisotopic (exact) mass is 276 g/mol. The molecule has 0 saturated carbocycles. The second-order valence-electron chi connectivity index (χ2n) is 4.76. The van der Waals surface area contributed by atoms with Crippen molar-refractivity contribution in [2.75, 3.05) is 32.8 Å². The summed E-state index contributed by atoms with van der Waals surface area (Å²) in [4.78, 5) is 27.1. The average Bonchev–Trinajstić information content (AvgIpc) is 2.48. The van der Waals surface area contributed by atoms with Crippen LogP contribution in [-0.4, -0.2) is 54.4 Å². The molecule has 0 aromatic heterocycles. The maximum absolute atomic E-state index is 12.3. The molecule has 1 aliphatic rings. The molecule has 0 bridgehead atoms. The van der Waals surface area contributed by atoms with Gasteiger partial charge in [0, 0.05) is 38.7 Å². The highest BCUT2D eigenvalue weighted by Crippen LogP contribution is 2.14. The first-order chi connectivity index (χ1) is 9.61. The highest BCUT2D eigenvalue weighted by Gasteiger charge is 2.23. The third-order valence-electron chi connectivity index (χ3n) is 3.42. The van der Waals surface area contributed by atoms with Crippen molar-refractivity contribution < 1.29 is 14.3 Å². The number of benzene rings is 1. The Bertz CT molecular complexity index is 476. The second kappa shape index (κ2) is 6.41. The van der Waals surface area contributed by atoms with Gasteiger partial charge in [-0.25, -0.2) is 0 Å². The maximum Gasteiger partial charge on any atom is 0.253 e. The van der Waals surface area contributed by atoms with Crippen molar-refractivity contribution in [3.63, 3.8) is 0 Å². The summed E-state index contributed by atoms with van der Waals surface area (Å²) in [6.07, 6.45) is 0. The van der Waals surface area contributed by atoms with Crippen LogP contribution in [0.15, 0.2) is 24.3 Å². The summed E-state index contributed by atoms with van der Waals surface area (Å²) in [5.41, 5.74) is 0.657. The Balaban J connectivity index is 1.96. The van der Waals surface area contributed by atoms with E-state index in [1.807, 2.05) is 19.1 Å². The number of hydrogen-bond acceptors (Lipinski definition) is 3. The molecule has 0 N–H and O–H groups in total. The molecule has 2 rings (SSSR count). The second-order valence-corrected chi connectivity index (χ2v) is 4.76. The van der Waals surface area contributed by atoms with Crippen molar-refractivity contribution in [1.29, 1.82) is 0 Å². The Hall–Kier alpha value is -2.04. The molecule has 20 heavy (non-hydrogen) atoms. The van der Waals surface area contributed by atoms with Crippen LogP contribution >= 0.6 is 0 Å². The summed E-state index contributed by atoms with van der Waals surface area (Å²) in [5, 5.41) is 0. The van der Waals surface area contributed by atoms with Crippen molar-refractivity contribution in [2.24, 2.45) is 0 Å². The van der Waals surface area contributed by atoms with Crippen LogP contribution in [0.2, 0.25) is 0 Å². The van der Waals surface area contributed by atoms with Gasteiger partial charge < -0.3 is 14.5 Å².